The molecule has 13 heavy (non-hydrogen) atoms. The van der Waals surface area contributed by atoms with Gasteiger partial charge in [0.25, 0.3) is 6.01 Å². The Bertz CT molecular complexity index is 405. The van der Waals surface area contributed by atoms with Crippen molar-refractivity contribution in [3.05, 3.63) is 30.3 Å². The van der Waals surface area contributed by atoms with E-state index in [1.807, 2.05) is 19.1 Å². The lowest BCUT2D eigenvalue weighted by atomic mass is 10.2. The second-order valence-corrected chi connectivity index (χ2v) is 2.76. The normalized spacial score (nSPS) is 10.2. The molecule has 0 saturated heterocycles. The number of aryl methyl sites for hydroxylation is 1. The Kier molecular flexibility index (Phi) is 1.73. The number of nitrogen functional groups attached to an aromatic ring is 1. The third-order valence-corrected chi connectivity index (χ3v) is 1.73. The Morgan fingerprint density at radius 1 is 1.38 bits per heavy atom. The van der Waals surface area contributed by atoms with Gasteiger partial charge in [-0.1, -0.05) is 0 Å². The molecule has 2 aromatic heterocycles. The topological polar surface area (TPSA) is 64.9 Å². The summed E-state index contributed by atoms with van der Waals surface area (Å²) in [6.07, 6.45) is 3.26. The number of nitrogens with zero attached hydrogens (tertiary/aromatic N) is 2. The maximum Gasteiger partial charge on any atom is 0.292 e. The van der Waals surface area contributed by atoms with Gasteiger partial charge in [0.2, 0.25) is 0 Å². The molecule has 0 atom stereocenters. The standard InChI is InChI=1S/C9H9N3O/c1-6-2-3-7(4-11-6)8-5-13-9(10)12-8/h2-5H,1H3,(H2,10,12). The van der Waals surface area contributed by atoms with Crippen molar-refractivity contribution in [2.45, 2.75) is 6.92 Å². The van der Waals surface area contributed by atoms with Gasteiger partial charge in [0.1, 0.15) is 12.0 Å². The monoisotopic (exact) mass is 175 g/mol. The molecule has 2 aromatic rings. The summed E-state index contributed by atoms with van der Waals surface area (Å²) in [7, 11) is 0. The van der Waals surface area contributed by atoms with Crippen molar-refractivity contribution in [3.8, 4) is 11.3 Å². The highest BCUT2D eigenvalue weighted by Crippen LogP contribution is 2.18. The lowest BCUT2D eigenvalue weighted by Crippen LogP contribution is -1.85. The summed E-state index contributed by atoms with van der Waals surface area (Å²) < 4.78 is 4.89. The van der Waals surface area contributed by atoms with E-state index in [0.717, 1.165) is 11.3 Å². The first kappa shape index (κ1) is 7.79. The van der Waals surface area contributed by atoms with Crippen LogP contribution < -0.4 is 5.73 Å². The Hall–Kier alpha value is -1.84. The van der Waals surface area contributed by atoms with E-state index >= 15 is 0 Å². The molecule has 66 valence electrons. The third-order valence-electron chi connectivity index (χ3n) is 1.73. The van der Waals surface area contributed by atoms with Crippen LogP contribution in [0, 0.1) is 6.92 Å². The maximum absolute atomic E-state index is 5.35. The molecule has 0 aromatic carbocycles. The highest BCUT2D eigenvalue weighted by atomic mass is 16.4. The Balaban J connectivity index is 2.41. The van der Waals surface area contributed by atoms with Crippen LogP contribution in [0.15, 0.2) is 29.0 Å². The zero-order chi connectivity index (χ0) is 9.26. The Labute approximate surface area is 75.4 Å². The van der Waals surface area contributed by atoms with Gasteiger partial charge < -0.3 is 10.2 Å². The molecule has 4 heteroatoms. The number of oxazole rings is 1. The Morgan fingerprint density at radius 3 is 2.77 bits per heavy atom. The van der Waals surface area contributed by atoms with Crippen molar-refractivity contribution in [1.82, 2.24) is 9.97 Å². The number of anilines is 1. The molecule has 0 spiro atoms. The fourth-order valence-corrected chi connectivity index (χ4v) is 1.04. The van der Waals surface area contributed by atoms with Crippen molar-refractivity contribution in [2.24, 2.45) is 0 Å². The molecule has 0 bridgehead atoms. The molecule has 0 saturated carbocycles. The fourth-order valence-electron chi connectivity index (χ4n) is 1.04. The van der Waals surface area contributed by atoms with Crippen LogP contribution in [-0.2, 0) is 0 Å². The van der Waals surface area contributed by atoms with Crippen molar-refractivity contribution in [1.29, 1.82) is 0 Å². The number of rotatable bonds is 1. The van der Waals surface area contributed by atoms with Crippen LogP contribution in [0.1, 0.15) is 5.69 Å². The van der Waals surface area contributed by atoms with Crippen LogP contribution in [0.25, 0.3) is 11.3 Å². The van der Waals surface area contributed by atoms with E-state index in [2.05, 4.69) is 9.97 Å². The van der Waals surface area contributed by atoms with Gasteiger partial charge in [-0.25, -0.2) is 0 Å². The zero-order valence-electron chi connectivity index (χ0n) is 7.19. The lowest BCUT2D eigenvalue weighted by Gasteiger charge is -1.94. The minimum absolute atomic E-state index is 0.176. The van der Waals surface area contributed by atoms with E-state index in [0.29, 0.717) is 5.69 Å². The largest absolute Gasteiger partial charge is 0.432 e. The zero-order valence-corrected chi connectivity index (χ0v) is 7.19. The van der Waals surface area contributed by atoms with Gasteiger partial charge in [-0.15, -0.1) is 0 Å². The first-order valence-electron chi connectivity index (χ1n) is 3.90. The van der Waals surface area contributed by atoms with E-state index in [4.69, 9.17) is 10.2 Å². The van der Waals surface area contributed by atoms with Crippen molar-refractivity contribution in [3.63, 3.8) is 0 Å². The van der Waals surface area contributed by atoms with Crippen LogP contribution >= 0.6 is 0 Å². The van der Waals surface area contributed by atoms with Gasteiger partial charge in [-0.05, 0) is 19.1 Å². The average Bonchev–Trinajstić information content (AvgIpc) is 2.53. The number of hydrogen-bond donors (Lipinski definition) is 1. The van der Waals surface area contributed by atoms with Crippen LogP contribution in [-0.4, -0.2) is 9.97 Å². The summed E-state index contributed by atoms with van der Waals surface area (Å²) in [5.41, 5.74) is 7.94. The minimum Gasteiger partial charge on any atom is -0.432 e. The maximum atomic E-state index is 5.35. The number of pyridine rings is 1. The van der Waals surface area contributed by atoms with Crippen LogP contribution in [0.5, 0.6) is 0 Å². The molecule has 0 fully saturated rings. The molecular weight excluding hydrogens is 166 g/mol. The first-order chi connectivity index (χ1) is 6.25. The molecule has 0 radical (unpaired) electrons. The lowest BCUT2D eigenvalue weighted by molar-refractivity contribution is 0.581. The number of aromatic nitrogens is 2. The van der Waals surface area contributed by atoms with Gasteiger partial charge in [0.05, 0.1) is 0 Å². The van der Waals surface area contributed by atoms with E-state index < -0.39 is 0 Å². The molecule has 0 aliphatic heterocycles. The number of nitrogens with two attached hydrogens (primary N) is 1. The predicted octanol–water partition coefficient (Wildman–Crippen LogP) is 1.63. The summed E-state index contributed by atoms with van der Waals surface area (Å²) in [6.45, 7) is 1.93. The van der Waals surface area contributed by atoms with E-state index in [1.54, 1.807) is 6.20 Å². The molecule has 0 amide bonds. The quantitative estimate of drug-likeness (QED) is 0.715. The van der Waals surface area contributed by atoms with E-state index in [9.17, 15) is 0 Å². The average molecular weight is 175 g/mol. The second-order valence-electron chi connectivity index (χ2n) is 2.76. The highest BCUT2D eigenvalue weighted by molar-refractivity contribution is 5.57. The second kappa shape index (κ2) is 2.90. The Morgan fingerprint density at radius 2 is 2.23 bits per heavy atom. The van der Waals surface area contributed by atoms with Crippen molar-refractivity contribution < 1.29 is 4.42 Å². The molecule has 0 unspecified atom stereocenters. The number of hydrogen-bond acceptors (Lipinski definition) is 4. The van der Waals surface area contributed by atoms with Crippen LogP contribution in [0.2, 0.25) is 0 Å². The summed E-state index contributed by atoms with van der Waals surface area (Å²) in [6, 6.07) is 4.02. The van der Waals surface area contributed by atoms with Gasteiger partial charge in [-0.2, -0.15) is 4.98 Å². The molecule has 2 N–H and O–H groups in total. The molecule has 4 nitrogen and oxygen atoms in total. The smallest absolute Gasteiger partial charge is 0.292 e. The van der Waals surface area contributed by atoms with Crippen molar-refractivity contribution in [2.75, 3.05) is 5.73 Å². The third kappa shape index (κ3) is 1.51. The van der Waals surface area contributed by atoms with Gasteiger partial charge in [-0.3, -0.25) is 4.98 Å². The molecular formula is C9H9N3O. The van der Waals surface area contributed by atoms with Crippen molar-refractivity contribution >= 4 is 6.01 Å². The molecule has 0 aliphatic carbocycles. The molecule has 2 rings (SSSR count). The van der Waals surface area contributed by atoms with E-state index in [1.165, 1.54) is 6.26 Å². The van der Waals surface area contributed by atoms with Crippen LogP contribution in [0.4, 0.5) is 6.01 Å². The minimum atomic E-state index is 0.176. The summed E-state index contributed by atoms with van der Waals surface area (Å²) >= 11 is 0. The molecule has 0 aliphatic rings. The van der Waals surface area contributed by atoms with Gasteiger partial charge in [0, 0.05) is 17.5 Å². The van der Waals surface area contributed by atoms with Crippen LogP contribution in [0.3, 0.4) is 0 Å². The van der Waals surface area contributed by atoms with Gasteiger partial charge in [0.15, 0.2) is 0 Å². The highest BCUT2D eigenvalue weighted by Gasteiger charge is 2.02. The predicted molar refractivity (Wildman–Crippen MR) is 48.9 cm³/mol. The fraction of sp³-hybridized carbons (Fsp3) is 0.111. The SMILES string of the molecule is Cc1ccc(-c2coc(N)n2)cn1. The molecule has 2 heterocycles. The summed E-state index contributed by atoms with van der Waals surface area (Å²) in [5, 5.41) is 0. The summed E-state index contributed by atoms with van der Waals surface area (Å²) in [5.74, 6) is 0. The first-order valence-corrected chi connectivity index (χ1v) is 3.90. The van der Waals surface area contributed by atoms with E-state index in [-0.39, 0.29) is 6.01 Å². The summed E-state index contributed by atoms with van der Waals surface area (Å²) in [4.78, 5) is 8.12. The van der Waals surface area contributed by atoms with Gasteiger partial charge >= 0.3 is 0 Å².